The number of Topliss-reactive ketones (excluding diaryl/α,β-unsaturated/α-hetero) is 1. The van der Waals surface area contributed by atoms with Gasteiger partial charge in [0.15, 0.2) is 16.6 Å². The number of rotatable bonds is 12. The van der Waals surface area contributed by atoms with E-state index in [1.165, 1.54) is 11.0 Å². The predicted molar refractivity (Wildman–Crippen MR) is 175 cm³/mol. The molecular formula is C35H38N2O8S. The molecule has 2 unspecified atom stereocenters. The Bertz CT molecular complexity index is 1710. The molecule has 1 fully saturated rings. The Morgan fingerprint density at radius 1 is 1.20 bits per heavy atom. The van der Waals surface area contributed by atoms with Crippen LogP contribution in [0.5, 0.6) is 17.2 Å². The normalized spacial score (nSPS) is 18.4. The fraction of sp³-hybridized carbons (Fsp3) is 0.371. The van der Waals surface area contributed by atoms with E-state index in [2.05, 4.69) is 25.4 Å². The number of ketones is 1. The molecule has 0 bridgehead atoms. The Kier molecular flexibility index (Phi) is 9.81. The molecule has 11 heteroatoms. The van der Waals surface area contributed by atoms with Crippen LogP contribution in [-0.4, -0.2) is 53.7 Å². The second-order valence-electron chi connectivity index (χ2n) is 11.6. The Hall–Kier alpha value is -4.64. The van der Waals surface area contributed by atoms with Crippen LogP contribution in [0.3, 0.4) is 0 Å². The minimum atomic E-state index is -1.09. The lowest BCUT2D eigenvalue weighted by Crippen LogP contribution is -2.29. The largest absolute Gasteiger partial charge is 0.507 e. The Balaban J connectivity index is 1.65. The van der Waals surface area contributed by atoms with Crippen molar-refractivity contribution in [2.24, 2.45) is 5.92 Å². The van der Waals surface area contributed by atoms with Crippen LogP contribution in [0.15, 0.2) is 54.6 Å². The van der Waals surface area contributed by atoms with Gasteiger partial charge in [-0.2, -0.15) is 0 Å². The lowest BCUT2D eigenvalue weighted by molar-refractivity contribution is -0.132. The van der Waals surface area contributed by atoms with Crippen LogP contribution in [0, 0.1) is 12.8 Å². The van der Waals surface area contributed by atoms with Gasteiger partial charge >= 0.3 is 11.9 Å². The van der Waals surface area contributed by atoms with Gasteiger partial charge in [0, 0.05) is 12.0 Å². The molecule has 1 aromatic heterocycles. The summed E-state index contributed by atoms with van der Waals surface area (Å²) in [6.45, 7) is 14.1. The number of hydrogen-bond acceptors (Lipinski definition) is 10. The number of nitrogens with zero attached hydrogens (tertiary/aromatic N) is 2. The molecule has 3 heterocycles. The van der Waals surface area contributed by atoms with E-state index < -0.39 is 23.7 Å². The molecule has 5 rings (SSSR count). The number of anilines is 1. The Morgan fingerprint density at radius 2 is 1.98 bits per heavy atom. The van der Waals surface area contributed by atoms with E-state index in [0.717, 1.165) is 23.3 Å². The number of carbonyl (C=O) groups excluding carboxylic acids is 3. The molecular weight excluding hydrogens is 608 g/mol. The third kappa shape index (κ3) is 6.50. The molecule has 2 atom stereocenters. The minimum absolute atomic E-state index is 0.00636. The topological polar surface area (TPSA) is 124 Å². The molecule has 2 aliphatic heterocycles. The number of benzene rings is 2. The number of carbonyl (C=O) groups is 3. The second kappa shape index (κ2) is 13.8. The maximum atomic E-state index is 13.8. The Labute approximate surface area is 272 Å². The van der Waals surface area contributed by atoms with Crippen molar-refractivity contribution >= 4 is 39.9 Å². The number of aromatic nitrogens is 1. The summed E-state index contributed by atoms with van der Waals surface area (Å²) in [6, 6.07) is 9.29. The first kappa shape index (κ1) is 32.7. The van der Waals surface area contributed by atoms with Crippen LogP contribution in [0.2, 0.25) is 0 Å². The predicted octanol–water partition coefficient (Wildman–Crippen LogP) is 6.57. The standard InChI is InChI=1S/C35H38N2O8S/c1-7-14-44-34(41)32-21(6)36-35(46-32)37-29(22-9-12-26(27(18-22)42-8-2)43-15-13-19(3)4)28(31(39)33(37)40)30(38)23-10-11-25-24(17-23)16-20(5)45-25/h7,9-12,17-20,29,38H,1,8,13-16H2,2-6H3/b30-28+. The van der Waals surface area contributed by atoms with Crippen LogP contribution < -0.4 is 19.1 Å². The molecule has 46 heavy (non-hydrogen) atoms. The number of aliphatic hydroxyl groups excluding tert-OH is 1. The average Bonchev–Trinajstić information content (AvgIpc) is 3.67. The van der Waals surface area contributed by atoms with Crippen molar-refractivity contribution in [2.45, 2.75) is 59.6 Å². The molecule has 3 aromatic rings. The van der Waals surface area contributed by atoms with Crippen LogP contribution in [0.25, 0.3) is 5.76 Å². The lowest BCUT2D eigenvalue weighted by atomic mass is 9.94. The fourth-order valence-corrected chi connectivity index (χ4v) is 6.42. The van der Waals surface area contributed by atoms with E-state index in [1.54, 1.807) is 43.3 Å². The summed E-state index contributed by atoms with van der Waals surface area (Å²) >= 11 is 0.933. The number of hydrogen-bond donors (Lipinski definition) is 1. The van der Waals surface area contributed by atoms with Crippen molar-refractivity contribution in [3.63, 3.8) is 0 Å². The molecule has 0 radical (unpaired) electrons. The monoisotopic (exact) mass is 646 g/mol. The molecule has 2 aromatic carbocycles. The number of amides is 1. The molecule has 1 amide bonds. The molecule has 10 nitrogen and oxygen atoms in total. The van der Waals surface area contributed by atoms with E-state index in [9.17, 15) is 19.5 Å². The molecule has 0 spiro atoms. The molecule has 1 N–H and O–H groups in total. The average molecular weight is 647 g/mol. The third-order valence-electron chi connectivity index (χ3n) is 7.66. The van der Waals surface area contributed by atoms with E-state index in [0.29, 0.717) is 59.6 Å². The van der Waals surface area contributed by atoms with Crippen LogP contribution in [0.1, 0.15) is 72.2 Å². The summed E-state index contributed by atoms with van der Waals surface area (Å²) in [5, 5.41) is 11.8. The van der Waals surface area contributed by atoms with E-state index in [4.69, 9.17) is 18.9 Å². The highest BCUT2D eigenvalue weighted by molar-refractivity contribution is 7.17. The van der Waals surface area contributed by atoms with Gasteiger partial charge in [0.1, 0.15) is 29.1 Å². The summed E-state index contributed by atoms with van der Waals surface area (Å²) in [5.74, 6) is -0.608. The van der Waals surface area contributed by atoms with Crippen LogP contribution in [0.4, 0.5) is 5.13 Å². The Morgan fingerprint density at radius 3 is 2.70 bits per heavy atom. The number of thiazole rings is 1. The zero-order valence-electron chi connectivity index (χ0n) is 26.6. The number of ether oxygens (including phenoxy) is 4. The first-order valence-corrected chi connectivity index (χ1v) is 16.1. The van der Waals surface area contributed by atoms with Gasteiger partial charge in [-0.25, -0.2) is 9.78 Å². The second-order valence-corrected chi connectivity index (χ2v) is 12.6. The molecule has 2 aliphatic rings. The lowest BCUT2D eigenvalue weighted by Gasteiger charge is -2.24. The number of esters is 1. The van der Waals surface area contributed by atoms with Crippen molar-refractivity contribution < 1.29 is 38.4 Å². The van der Waals surface area contributed by atoms with Gasteiger partial charge in [0.2, 0.25) is 0 Å². The number of fused-ring (bicyclic) bond motifs is 1. The summed E-state index contributed by atoms with van der Waals surface area (Å²) in [4.78, 5) is 46.3. The van der Waals surface area contributed by atoms with Crippen LogP contribution in [-0.2, 0) is 20.7 Å². The fourth-order valence-electron chi connectivity index (χ4n) is 5.43. The van der Waals surface area contributed by atoms with Gasteiger partial charge < -0.3 is 24.1 Å². The van der Waals surface area contributed by atoms with Crippen molar-refractivity contribution in [3.05, 3.63) is 81.9 Å². The first-order valence-electron chi connectivity index (χ1n) is 15.3. The summed E-state index contributed by atoms with van der Waals surface area (Å²) < 4.78 is 23.0. The molecule has 1 saturated heterocycles. The van der Waals surface area contributed by atoms with Gasteiger partial charge in [0.25, 0.3) is 5.78 Å². The van der Waals surface area contributed by atoms with E-state index >= 15 is 0 Å². The van der Waals surface area contributed by atoms with Gasteiger partial charge in [-0.3, -0.25) is 14.5 Å². The SMILES string of the molecule is C=CCOC(=O)c1sc(N2C(=O)C(=O)/C(=C(/O)c3ccc4c(c3)CC(C)O4)C2c2ccc(OCCC(C)C)c(OCC)c2)nc1C. The smallest absolute Gasteiger partial charge is 0.350 e. The van der Waals surface area contributed by atoms with Gasteiger partial charge in [-0.15, -0.1) is 0 Å². The van der Waals surface area contributed by atoms with Crippen molar-refractivity contribution in [1.29, 1.82) is 0 Å². The van der Waals surface area contributed by atoms with Crippen molar-refractivity contribution in [2.75, 3.05) is 24.7 Å². The highest BCUT2D eigenvalue weighted by atomic mass is 32.1. The maximum absolute atomic E-state index is 13.8. The van der Waals surface area contributed by atoms with Gasteiger partial charge in [-0.05, 0) is 74.6 Å². The molecule has 0 saturated carbocycles. The minimum Gasteiger partial charge on any atom is -0.507 e. The highest BCUT2D eigenvalue weighted by Gasteiger charge is 2.49. The summed E-state index contributed by atoms with van der Waals surface area (Å²) in [6.07, 6.45) is 2.93. The van der Waals surface area contributed by atoms with Crippen molar-refractivity contribution in [3.8, 4) is 17.2 Å². The number of aliphatic hydroxyl groups is 1. The highest BCUT2D eigenvalue weighted by Crippen LogP contribution is 2.46. The molecule has 242 valence electrons. The quantitative estimate of drug-likeness (QED) is 0.0765. The van der Waals surface area contributed by atoms with E-state index in [-0.39, 0.29) is 34.1 Å². The third-order valence-corrected chi connectivity index (χ3v) is 8.80. The van der Waals surface area contributed by atoms with Gasteiger partial charge in [-0.1, -0.05) is 43.9 Å². The first-order chi connectivity index (χ1) is 22.0. The zero-order chi connectivity index (χ0) is 33.1. The van der Waals surface area contributed by atoms with Crippen molar-refractivity contribution in [1.82, 2.24) is 4.98 Å². The van der Waals surface area contributed by atoms with E-state index in [1.807, 2.05) is 13.8 Å². The molecule has 0 aliphatic carbocycles. The summed E-state index contributed by atoms with van der Waals surface area (Å²) in [5.41, 5.74) is 1.98. The summed E-state index contributed by atoms with van der Waals surface area (Å²) in [7, 11) is 0. The van der Waals surface area contributed by atoms with Crippen LogP contribution >= 0.6 is 11.3 Å². The van der Waals surface area contributed by atoms with Gasteiger partial charge in [0.05, 0.1) is 30.5 Å². The maximum Gasteiger partial charge on any atom is 0.350 e. The number of aryl methyl sites for hydroxylation is 1. The zero-order valence-corrected chi connectivity index (χ0v) is 27.4.